The second-order valence-corrected chi connectivity index (χ2v) is 4.72. The van der Waals surface area contributed by atoms with Gasteiger partial charge in [0.05, 0.1) is 10.0 Å². The number of aliphatic carboxylic acids is 1. The number of hydrogen-bond donors (Lipinski definition) is 1. The number of carbonyl (C=O) groups is 1. The van der Waals surface area contributed by atoms with Crippen LogP contribution in [0.4, 0.5) is 0 Å². The molecule has 0 spiro atoms. The lowest BCUT2D eigenvalue weighted by molar-refractivity contribution is -0.145. The molecular weight excluding hydrogens is 319 g/mol. The molecule has 0 amide bonds. The number of benzene rings is 1. The molecule has 1 atom stereocenters. The highest BCUT2D eigenvalue weighted by molar-refractivity contribution is 9.10. The molecule has 0 fully saturated rings. The Morgan fingerprint density at radius 2 is 2.12 bits per heavy atom. The third kappa shape index (κ3) is 3.27. The van der Waals surface area contributed by atoms with E-state index < -0.39 is 12.1 Å². The largest absolute Gasteiger partial charge is 0.479 e. The summed E-state index contributed by atoms with van der Waals surface area (Å²) in [7, 11) is 0. The predicted molar refractivity (Wildman–Crippen MR) is 66.5 cm³/mol. The van der Waals surface area contributed by atoms with Crippen LogP contribution >= 0.6 is 39.1 Å². The third-order valence-electron chi connectivity index (χ3n) is 1.89. The summed E-state index contributed by atoms with van der Waals surface area (Å²) < 4.78 is 5.89. The maximum Gasteiger partial charge on any atom is 0.344 e. The molecule has 3 nitrogen and oxygen atoms in total. The molecule has 88 valence electrons. The molecule has 1 aromatic carbocycles. The molecule has 0 saturated carbocycles. The first-order valence-electron chi connectivity index (χ1n) is 4.49. The number of carboxylic acids is 1. The minimum Gasteiger partial charge on any atom is -0.479 e. The first kappa shape index (κ1) is 13.6. The number of halogens is 3. The number of rotatable bonds is 4. The second kappa shape index (κ2) is 5.75. The van der Waals surface area contributed by atoms with Crippen LogP contribution in [0, 0.1) is 0 Å². The summed E-state index contributed by atoms with van der Waals surface area (Å²) in [5.74, 6) is -0.762. The van der Waals surface area contributed by atoms with E-state index >= 15 is 0 Å². The smallest absolute Gasteiger partial charge is 0.344 e. The summed E-state index contributed by atoms with van der Waals surface area (Å²) in [5.41, 5.74) is 0. The van der Waals surface area contributed by atoms with Crippen molar-refractivity contribution in [1.29, 1.82) is 0 Å². The lowest BCUT2D eigenvalue weighted by Crippen LogP contribution is -2.26. The SMILES string of the molecule is CCC(Oc1cc(Cl)c(Br)cc1Cl)C(=O)O. The van der Waals surface area contributed by atoms with Gasteiger partial charge in [-0.25, -0.2) is 4.79 Å². The molecule has 1 N–H and O–H groups in total. The van der Waals surface area contributed by atoms with Crippen LogP contribution < -0.4 is 4.74 Å². The molecule has 0 aliphatic heterocycles. The predicted octanol–water partition coefficient (Wildman–Crippen LogP) is 4.00. The van der Waals surface area contributed by atoms with Gasteiger partial charge >= 0.3 is 5.97 Å². The Morgan fingerprint density at radius 3 is 2.62 bits per heavy atom. The zero-order valence-electron chi connectivity index (χ0n) is 8.34. The lowest BCUT2D eigenvalue weighted by Gasteiger charge is -2.14. The highest BCUT2D eigenvalue weighted by Crippen LogP contribution is 2.34. The maximum absolute atomic E-state index is 10.8. The summed E-state index contributed by atoms with van der Waals surface area (Å²) in [5, 5.41) is 9.57. The van der Waals surface area contributed by atoms with Gasteiger partial charge in [-0.2, -0.15) is 0 Å². The first-order chi connectivity index (χ1) is 7.45. The van der Waals surface area contributed by atoms with E-state index in [9.17, 15) is 4.79 Å². The fourth-order valence-electron chi connectivity index (χ4n) is 1.06. The van der Waals surface area contributed by atoms with Gasteiger partial charge in [-0.15, -0.1) is 0 Å². The van der Waals surface area contributed by atoms with Crippen molar-refractivity contribution in [2.75, 3.05) is 0 Å². The molecule has 1 rings (SSSR count). The van der Waals surface area contributed by atoms with E-state index in [2.05, 4.69) is 15.9 Å². The third-order valence-corrected chi connectivity index (χ3v) is 3.38. The van der Waals surface area contributed by atoms with Crippen molar-refractivity contribution in [3.63, 3.8) is 0 Å². The topological polar surface area (TPSA) is 46.5 Å². The molecule has 0 bridgehead atoms. The molecule has 16 heavy (non-hydrogen) atoms. The minimum absolute atomic E-state index is 0.268. The van der Waals surface area contributed by atoms with Crippen LogP contribution in [0.3, 0.4) is 0 Å². The van der Waals surface area contributed by atoms with Crippen LogP contribution in [0.15, 0.2) is 16.6 Å². The van der Waals surface area contributed by atoms with Crippen LogP contribution in [0.2, 0.25) is 10.0 Å². The zero-order chi connectivity index (χ0) is 12.3. The number of carboxylic acid groups (broad SMARTS) is 1. The summed E-state index contributed by atoms with van der Waals surface area (Å²) in [6.45, 7) is 1.72. The van der Waals surface area contributed by atoms with Crippen molar-refractivity contribution in [2.24, 2.45) is 0 Å². The van der Waals surface area contributed by atoms with Gasteiger partial charge in [0, 0.05) is 10.5 Å². The number of ether oxygens (including phenoxy) is 1. The van der Waals surface area contributed by atoms with Crippen molar-refractivity contribution in [3.05, 3.63) is 26.7 Å². The Bertz CT molecular complexity index is 409. The number of hydrogen-bond acceptors (Lipinski definition) is 2. The van der Waals surface area contributed by atoms with Crippen molar-refractivity contribution in [2.45, 2.75) is 19.4 Å². The Labute approximate surface area is 111 Å². The van der Waals surface area contributed by atoms with Crippen LogP contribution in [-0.4, -0.2) is 17.2 Å². The molecule has 0 aliphatic carbocycles. The van der Waals surface area contributed by atoms with E-state index in [4.69, 9.17) is 33.0 Å². The van der Waals surface area contributed by atoms with E-state index in [-0.39, 0.29) is 5.75 Å². The quantitative estimate of drug-likeness (QED) is 0.850. The monoisotopic (exact) mass is 326 g/mol. The maximum atomic E-state index is 10.8. The van der Waals surface area contributed by atoms with E-state index in [1.165, 1.54) is 6.07 Å². The van der Waals surface area contributed by atoms with Crippen molar-refractivity contribution >= 4 is 45.1 Å². The van der Waals surface area contributed by atoms with Gasteiger partial charge in [-0.1, -0.05) is 30.1 Å². The molecule has 1 aromatic rings. The normalized spacial score (nSPS) is 12.2. The Hall–Kier alpha value is -0.450. The van der Waals surface area contributed by atoms with Crippen molar-refractivity contribution in [3.8, 4) is 5.75 Å². The molecule has 6 heteroatoms. The van der Waals surface area contributed by atoms with Crippen LogP contribution in [-0.2, 0) is 4.79 Å². The summed E-state index contributed by atoms with van der Waals surface area (Å²) in [6.07, 6.45) is -0.575. The van der Waals surface area contributed by atoms with Gasteiger partial charge in [0.25, 0.3) is 0 Å². The van der Waals surface area contributed by atoms with Crippen molar-refractivity contribution < 1.29 is 14.6 Å². The van der Waals surface area contributed by atoms with Crippen molar-refractivity contribution in [1.82, 2.24) is 0 Å². The average Bonchev–Trinajstić information content (AvgIpc) is 2.21. The van der Waals surface area contributed by atoms with Gasteiger partial charge in [0.15, 0.2) is 6.10 Å². The van der Waals surface area contributed by atoms with Gasteiger partial charge < -0.3 is 9.84 Å². The van der Waals surface area contributed by atoms with E-state index in [0.29, 0.717) is 20.9 Å². The fraction of sp³-hybridized carbons (Fsp3) is 0.300. The van der Waals surface area contributed by atoms with E-state index in [1.54, 1.807) is 13.0 Å². The highest BCUT2D eigenvalue weighted by atomic mass is 79.9. The Balaban J connectivity index is 2.96. The van der Waals surface area contributed by atoms with Crippen LogP contribution in [0.1, 0.15) is 13.3 Å². The Morgan fingerprint density at radius 1 is 1.50 bits per heavy atom. The van der Waals surface area contributed by atoms with E-state index in [0.717, 1.165) is 0 Å². The average molecular weight is 328 g/mol. The first-order valence-corrected chi connectivity index (χ1v) is 6.04. The summed E-state index contributed by atoms with van der Waals surface area (Å²) >= 11 is 15.0. The molecule has 0 saturated heterocycles. The molecule has 0 heterocycles. The second-order valence-electron chi connectivity index (χ2n) is 3.05. The molecule has 0 aromatic heterocycles. The Kier molecular flexibility index (Phi) is 4.89. The fourth-order valence-corrected chi connectivity index (χ4v) is 1.89. The zero-order valence-corrected chi connectivity index (χ0v) is 11.4. The minimum atomic E-state index is -1.03. The lowest BCUT2D eigenvalue weighted by atomic mass is 10.2. The van der Waals surface area contributed by atoms with Gasteiger partial charge in [0.2, 0.25) is 0 Å². The molecule has 1 unspecified atom stereocenters. The standard InChI is InChI=1S/C10H9BrCl2O3/c1-2-8(10(14)15)16-9-4-6(12)5(11)3-7(9)13/h3-4,8H,2H2,1H3,(H,14,15). The van der Waals surface area contributed by atoms with Crippen LogP contribution in [0.5, 0.6) is 5.75 Å². The van der Waals surface area contributed by atoms with Gasteiger partial charge in [-0.05, 0) is 28.4 Å². The van der Waals surface area contributed by atoms with Crippen LogP contribution in [0.25, 0.3) is 0 Å². The summed E-state index contributed by atoms with van der Waals surface area (Å²) in [4.78, 5) is 10.8. The molecule has 0 aliphatic rings. The highest BCUT2D eigenvalue weighted by Gasteiger charge is 2.18. The van der Waals surface area contributed by atoms with Gasteiger partial charge in [-0.3, -0.25) is 0 Å². The molecule has 0 radical (unpaired) electrons. The van der Waals surface area contributed by atoms with E-state index in [1.807, 2.05) is 0 Å². The molecular formula is C10H9BrCl2O3. The van der Waals surface area contributed by atoms with Gasteiger partial charge in [0.1, 0.15) is 5.75 Å². The summed E-state index contributed by atoms with van der Waals surface area (Å²) in [6, 6.07) is 3.05.